The number of rotatable bonds is 8. The van der Waals surface area contributed by atoms with Crippen LogP contribution < -0.4 is 5.32 Å². The van der Waals surface area contributed by atoms with Gasteiger partial charge in [0.05, 0.1) is 17.4 Å². The van der Waals surface area contributed by atoms with Crippen molar-refractivity contribution in [1.29, 1.82) is 0 Å². The lowest BCUT2D eigenvalue weighted by Gasteiger charge is -2.24. The van der Waals surface area contributed by atoms with Crippen LogP contribution in [0.2, 0.25) is 0 Å². The molecule has 0 amide bonds. The third-order valence-corrected chi connectivity index (χ3v) is 7.87. The normalized spacial score (nSPS) is 19.0. The molecule has 0 fully saturated rings. The minimum atomic E-state index is 0.0997. The number of hydrogen-bond donors (Lipinski definition) is 1. The molecule has 2 aliphatic rings. The van der Waals surface area contributed by atoms with E-state index in [1.54, 1.807) is 0 Å². The molecule has 0 saturated heterocycles. The van der Waals surface area contributed by atoms with E-state index in [4.69, 9.17) is 4.98 Å². The predicted molar refractivity (Wildman–Crippen MR) is 179 cm³/mol. The van der Waals surface area contributed by atoms with Gasteiger partial charge >= 0.3 is 0 Å². The smallest absolute Gasteiger partial charge is 0.0868 e. The summed E-state index contributed by atoms with van der Waals surface area (Å²) in [6.45, 7) is 12.8. The maximum Gasteiger partial charge on any atom is 0.0868 e. The summed E-state index contributed by atoms with van der Waals surface area (Å²) in [6, 6.07) is 19.2. The van der Waals surface area contributed by atoms with Crippen molar-refractivity contribution in [3.05, 3.63) is 168 Å². The molecule has 210 valence electrons. The predicted octanol–water partition coefficient (Wildman–Crippen LogP) is 9.80. The van der Waals surface area contributed by atoms with Crippen LogP contribution in [0.5, 0.6) is 0 Å². The fourth-order valence-electron chi connectivity index (χ4n) is 5.44. The summed E-state index contributed by atoms with van der Waals surface area (Å²) in [6.07, 6.45) is 24.2. The van der Waals surface area contributed by atoms with Crippen molar-refractivity contribution in [1.82, 2.24) is 15.3 Å². The molecule has 0 saturated carbocycles. The minimum absolute atomic E-state index is 0.0997. The first-order chi connectivity index (χ1) is 20.4. The summed E-state index contributed by atoms with van der Waals surface area (Å²) in [7, 11) is 0. The molecule has 5 rings (SSSR count). The van der Waals surface area contributed by atoms with Crippen molar-refractivity contribution in [2.75, 3.05) is 0 Å². The molecule has 1 aromatic carbocycles. The van der Waals surface area contributed by atoms with Gasteiger partial charge in [-0.25, -0.2) is 0 Å². The van der Waals surface area contributed by atoms with E-state index in [2.05, 4.69) is 123 Å². The van der Waals surface area contributed by atoms with Crippen LogP contribution in [0.15, 0.2) is 134 Å². The fraction of sp³-hybridized carbons (Fsp3) is 0.179. The Hall–Kier alpha value is -4.76. The SMILES string of the molecule is C=C(C)c1ccc(/C(C)=C/C=C\C(=C/C)c2ccccn2)cc1C1=CC(c2cccc(C3C=CC=CN3)n2)CC=C1C. The first-order valence-corrected chi connectivity index (χ1v) is 14.6. The third-order valence-electron chi connectivity index (χ3n) is 7.87. The van der Waals surface area contributed by atoms with Crippen molar-refractivity contribution in [3.63, 3.8) is 0 Å². The quantitative estimate of drug-likeness (QED) is 0.284. The topological polar surface area (TPSA) is 37.8 Å². The number of nitrogens with zero attached hydrogens (tertiary/aromatic N) is 2. The molecular formula is C39H39N3. The van der Waals surface area contributed by atoms with Crippen LogP contribution in [0.1, 0.15) is 79.8 Å². The Morgan fingerprint density at radius 1 is 1.02 bits per heavy atom. The van der Waals surface area contributed by atoms with Gasteiger partial charge in [0.1, 0.15) is 0 Å². The monoisotopic (exact) mass is 549 g/mol. The number of allylic oxidation sites excluding steroid dienone is 13. The van der Waals surface area contributed by atoms with E-state index in [9.17, 15) is 0 Å². The van der Waals surface area contributed by atoms with Crippen LogP contribution in [0.3, 0.4) is 0 Å². The van der Waals surface area contributed by atoms with Crippen molar-refractivity contribution in [3.8, 4) is 0 Å². The standard InChI is InChI=1S/C39H39N3/c1-6-30(36-15-7-9-23-40-36)14-11-13-28(4)31-21-22-33(27(2)3)35(25-31)34-26-32(20-19-29(34)5)37-17-12-18-39(42-37)38-16-8-10-24-41-38/h6-19,21-26,32,38,41H,2,20H2,1,3-5H3/b14-11-,28-13+,30-6+. The number of aromatic nitrogens is 2. The van der Waals surface area contributed by atoms with E-state index < -0.39 is 0 Å². The number of benzene rings is 1. The van der Waals surface area contributed by atoms with Gasteiger partial charge in [-0.3, -0.25) is 9.97 Å². The molecular weight excluding hydrogens is 510 g/mol. The van der Waals surface area contributed by atoms with Crippen molar-refractivity contribution >= 4 is 22.3 Å². The zero-order chi connectivity index (χ0) is 29.5. The molecule has 1 aliphatic carbocycles. The van der Waals surface area contributed by atoms with Gasteiger partial charge < -0.3 is 5.32 Å². The van der Waals surface area contributed by atoms with Crippen LogP contribution in [0, 0.1) is 0 Å². The average Bonchev–Trinajstić information content (AvgIpc) is 3.04. The molecule has 1 N–H and O–H groups in total. The average molecular weight is 550 g/mol. The maximum absolute atomic E-state index is 5.09. The summed E-state index contributed by atoms with van der Waals surface area (Å²) in [5.74, 6) is 0.207. The molecule has 0 radical (unpaired) electrons. The van der Waals surface area contributed by atoms with E-state index in [1.165, 1.54) is 33.4 Å². The third kappa shape index (κ3) is 6.58. The second-order valence-corrected chi connectivity index (χ2v) is 10.9. The number of nitrogens with one attached hydrogen (secondary N) is 1. The van der Waals surface area contributed by atoms with Gasteiger partial charge in [0, 0.05) is 17.8 Å². The van der Waals surface area contributed by atoms with Crippen LogP contribution in [0.25, 0.3) is 22.3 Å². The summed E-state index contributed by atoms with van der Waals surface area (Å²) in [5.41, 5.74) is 12.6. The molecule has 3 aromatic rings. The lowest BCUT2D eigenvalue weighted by molar-refractivity contribution is 0.703. The molecule has 3 heterocycles. The van der Waals surface area contributed by atoms with Gasteiger partial charge in [-0.2, -0.15) is 0 Å². The lowest BCUT2D eigenvalue weighted by Crippen LogP contribution is -2.17. The van der Waals surface area contributed by atoms with Gasteiger partial charge in [-0.1, -0.05) is 85.0 Å². The van der Waals surface area contributed by atoms with Crippen molar-refractivity contribution in [2.45, 2.75) is 46.1 Å². The number of hydrogen-bond acceptors (Lipinski definition) is 3. The Kier molecular flexibility index (Phi) is 9.08. The van der Waals surface area contributed by atoms with E-state index in [0.717, 1.165) is 34.6 Å². The molecule has 1 aliphatic heterocycles. The second kappa shape index (κ2) is 13.3. The van der Waals surface area contributed by atoms with Gasteiger partial charge in [-0.05, 0) is 116 Å². The van der Waals surface area contributed by atoms with E-state index >= 15 is 0 Å². The largest absolute Gasteiger partial charge is 0.379 e. The highest BCUT2D eigenvalue weighted by Crippen LogP contribution is 2.39. The number of dihydropyridines is 1. The van der Waals surface area contributed by atoms with Gasteiger partial charge in [0.2, 0.25) is 0 Å². The van der Waals surface area contributed by atoms with Crippen LogP contribution in [-0.4, -0.2) is 9.97 Å². The second-order valence-electron chi connectivity index (χ2n) is 10.9. The number of pyridine rings is 2. The zero-order valence-corrected chi connectivity index (χ0v) is 25.0. The Balaban J connectivity index is 1.46. The van der Waals surface area contributed by atoms with Crippen LogP contribution in [0.4, 0.5) is 0 Å². The Labute approximate surface area is 250 Å². The molecule has 0 bridgehead atoms. The molecule has 0 spiro atoms. The minimum Gasteiger partial charge on any atom is -0.379 e. The Bertz CT molecular complexity index is 1680. The molecule has 2 atom stereocenters. The van der Waals surface area contributed by atoms with Gasteiger partial charge in [-0.15, -0.1) is 0 Å². The maximum atomic E-state index is 5.09. The van der Waals surface area contributed by atoms with Crippen molar-refractivity contribution in [2.24, 2.45) is 0 Å². The van der Waals surface area contributed by atoms with Crippen LogP contribution >= 0.6 is 0 Å². The van der Waals surface area contributed by atoms with Gasteiger partial charge in [0.25, 0.3) is 0 Å². The Morgan fingerprint density at radius 2 is 1.88 bits per heavy atom. The highest BCUT2D eigenvalue weighted by Gasteiger charge is 2.21. The fourth-order valence-corrected chi connectivity index (χ4v) is 5.44. The first kappa shape index (κ1) is 28.8. The molecule has 42 heavy (non-hydrogen) atoms. The van der Waals surface area contributed by atoms with Gasteiger partial charge in [0.15, 0.2) is 0 Å². The zero-order valence-electron chi connectivity index (χ0n) is 25.0. The summed E-state index contributed by atoms with van der Waals surface area (Å²) in [5, 5.41) is 3.39. The van der Waals surface area contributed by atoms with E-state index in [1.807, 2.05) is 43.6 Å². The van der Waals surface area contributed by atoms with Crippen LogP contribution in [-0.2, 0) is 0 Å². The Morgan fingerprint density at radius 3 is 2.62 bits per heavy atom. The molecule has 3 heteroatoms. The van der Waals surface area contributed by atoms with E-state index in [-0.39, 0.29) is 12.0 Å². The van der Waals surface area contributed by atoms with E-state index in [0.29, 0.717) is 0 Å². The highest BCUT2D eigenvalue weighted by atomic mass is 14.9. The summed E-state index contributed by atoms with van der Waals surface area (Å²) < 4.78 is 0. The molecule has 3 nitrogen and oxygen atoms in total. The van der Waals surface area contributed by atoms with Crippen molar-refractivity contribution < 1.29 is 0 Å². The lowest BCUT2D eigenvalue weighted by atomic mass is 9.82. The summed E-state index contributed by atoms with van der Waals surface area (Å²) >= 11 is 0. The molecule has 2 aromatic heterocycles. The highest BCUT2D eigenvalue weighted by molar-refractivity contribution is 5.88. The summed E-state index contributed by atoms with van der Waals surface area (Å²) in [4.78, 5) is 9.57. The molecule has 2 unspecified atom stereocenters. The first-order valence-electron chi connectivity index (χ1n) is 14.6.